The van der Waals surface area contributed by atoms with Gasteiger partial charge in [-0.1, -0.05) is 0 Å². The predicted octanol–water partition coefficient (Wildman–Crippen LogP) is 2.91. The van der Waals surface area contributed by atoms with Gasteiger partial charge in [0.25, 0.3) is 5.91 Å². The zero-order valence-electron chi connectivity index (χ0n) is 14.9. The molecule has 6 heteroatoms. The first-order valence-electron chi connectivity index (χ1n) is 8.82. The molecule has 2 unspecified atom stereocenters. The van der Waals surface area contributed by atoms with Crippen LogP contribution in [0.3, 0.4) is 0 Å². The Kier molecular flexibility index (Phi) is 4.34. The molecule has 0 saturated carbocycles. The standard InChI is InChI=1S/C20H22N4O2/c1-15-12-24(13-16(2)26-15)20(25)17-5-6-18(23-10-7-21-14-23)19(11-17)22-8-3-4-9-22/h3-11,14-16H,12-13H2,1-2H3. The zero-order valence-corrected chi connectivity index (χ0v) is 14.9. The second-order valence-electron chi connectivity index (χ2n) is 6.73. The number of imidazole rings is 1. The molecular weight excluding hydrogens is 328 g/mol. The molecule has 1 amide bonds. The van der Waals surface area contributed by atoms with E-state index in [0.717, 1.165) is 11.4 Å². The lowest BCUT2D eigenvalue weighted by Gasteiger charge is -2.35. The van der Waals surface area contributed by atoms with Gasteiger partial charge in [-0.05, 0) is 44.2 Å². The van der Waals surface area contributed by atoms with E-state index >= 15 is 0 Å². The lowest BCUT2D eigenvalue weighted by Crippen LogP contribution is -2.48. The molecule has 0 bridgehead atoms. The molecule has 0 spiro atoms. The number of carbonyl (C=O) groups excluding carboxylic acids is 1. The van der Waals surface area contributed by atoms with Crippen LogP contribution in [0.25, 0.3) is 11.4 Å². The average molecular weight is 350 g/mol. The Labute approximate surface area is 152 Å². The Morgan fingerprint density at radius 3 is 2.42 bits per heavy atom. The van der Waals surface area contributed by atoms with Crippen molar-refractivity contribution in [3.63, 3.8) is 0 Å². The normalized spacial score (nSPS) is 20.3. The highest BCUT2D eigenvalue weighted by atomic mass is 16.5. The summed E-state index contributed by atoms with van der Waals surface area (Å²) in [5.41, 5.74) is 2.59. The molecule has 134 valence electrons. The van der Waals surface area contributed by atoms with Crippen molar-refractivity contribution in [2.45, 2.75) is 26.1 Å². The molecule has 1 aliphatic rings. The largest absolute Gasteiger partial charge is 0.372 e. The van der Waals surface area contributed by atoms with Gasteiger partial charge < -0.3 is 18.8 Å². The predicted molar refractivity (Wildman–Crippen MR) is 98.8 cm³/mol. The van der Waals surface area contributed by atoms with Gasteiger partial charge in [0.05, 0.1) is 29.9 Å². The highest BCUT2D eigenvalue weighted by Gasteiger charge is 2.27. The van der Waals surface area contributed by atoms with Crippen LogP contribution in [0.1, 0.15) is 24.2 Å². The fraction of sp³-hybridized carbons (Fsp3) is 0.300. The number of carbonyl (C=O) groups is 1. The third kappa shape index (κ3) is 3.15. The summed E-state index contributed by atoms with van der Waals surface area (Å²) < 4.78 is 9.70. The molecule has 26 heavy (non-hydrogen) atoms. The van der Waals surface area contributed by atoms with Gasteiger partial charge in [-0.15, -0.1) is 0 Å². The third-order valence-electron chi connectivity index (χ3n) is 4.59. The highest BCUT2D eigenvalue weighted by molar-refractivity contribution is 5.95. The molecule has 0 aliphatic carbocycles. The first-order chi connectivity index (χ1) is 12.6. The van der Waals surface area contributed by atoms with E-state index < -0.39 is 0 Å². The van der Waals surface area contributed by atoms with Gasteiger partial charge in [-0.25, -0.2) is 4.98 Å². The van der Waals surface area contributed by atoms with Gasteiger partial charge in [-0.2, -0.15) is 0 Å². The molecular formula is C20H22N4O2. The molecule has 6 nitrogen and oxygen atoms in total. The van der Waals surface area contributed by atoms with Crippen LogP contribution < -0.4 is 0 Å². The maximum Gasteiger partial charge on any atom is 0.254 e. The van der Waals surface area contributed by atoms with Crippen LogP contribution >= 0.6 is 0 Å². The Balaban J connectivity index is 1.72. The molecule has 1 aromatic carbocycles. The maximum absolute atomic E-state index is 13.1. The van der Waals surface area contributed by atoms with Gasteiger partial charge in [0, 0.05) is 43.4 Å². The summed E-state index contributed by atoms with van der Waals surface area (Å²) in [5, 5.41) is 0. The van der Waals surface area contributed by atoms with E-state index in [0.29, 0.717) is 18.7 Å². The van der Waals surface area contributed by atoms with E-state index in [1.54, 1.807) is 12.5 Å². The molecule has 2 aromatic heterocycles. The number of benzene rings is 1. The maximum atomic E-state index is 13.1. The molecule has 3 aromatic rings. The number of hydrogen-bond acceptors (Lipinski definition) is 3. The SMILES string of the molecule is CC1CN(C(=O)c2ccc(-n3ccnc3)c(-n3cccc3)c2)CC(C)O1. The number of amides is 1. The third-order valence-corrected chi connectivity index (χ3v) is 4.59. The van der Waals surface area contributed by atoms with Crippen molar-refractivity contribution >= 4 is 5.91 Å². The summed E-state index contributed by atoms with van der Waals surface area (Å²) in [5.74, 6) is 0.0394. The molecule has 1 saturated heterocycles. The van der Waals surface area contributed by atoms with Crippen molar-refractivity contribution in [3.8, 4) is 11.4 Å². The number of hydrogen-bond donors (Lipinski definition) is 0. The number of ether oxygens (including phenoxy) is 1. The fourth-order valence-corrected chi connectivity index (χ4v) is 3.50. The quantitative estimate of drug-likeness (QED) is 0.730. The Bertz CT molecular complexity index is 877. The van der Waals surface area contributed by atoms with Gasteiger partial charge in [0.15, 0.2) is 0 Å². The van der Waals surface area contributed by atoms with Gasteiger partial charge in [0.1, 0.15) is 0 Å². The van der Waals surface area contributed by atoms with E-state index in [2.05, 4.69) is 4.98 Å². The van der Waals surface area contributed by atoms with Crippen molar-refractivity contribution in [1.29, 1.82) is 0 Å². The van der Waals surface area contributed by atoms with Crippen LogP contribution in [0, 0.1) is 0 Å². The van der Waals surface area contributed by atoms with E-state index in [1.807, 2.05) is 76.8 Å². The van der Waals surface area contributed by atoms with Crippen molar-refractivity contribution in [2.24, 2.45) is 0 Å². The van der Waals surface area contributed by atoms with Gasteiger partial charge in [0.2, 0.25) is 0 Å². The van der Waals surface area contributed by atoms with Gasteiger partial charge in [-0.3, -0.25) is 4.79 Å². The van der Waals surface area contributed by atoms with Crippen molar-refractivity contribution in [1.82, 2.24) is 19.0 Å². The number of nitrogens with zero attached hydrogens (tertiary/aromatic N) is 4. The summed E-state index contributed by atoms with van der Waals surface area (Å²) in [4.78, 5) is 19.1. The van der Waals surface area contributed by atoms with Crippen molar-refractivity contribution in [3.05, 3.63) is 67.0 Å². The molecule has 2 atom stereocenters. The molecule has 3 heterocycles. The first kappa shape index (κ1) is 16.6. The molecule has 0 radical (unpaired) electrons. The number of aromatic nitrogens is 3. The summed E-state index contributed by atoms with van der Waals surface area (Å²) in [6.45, 7) is 5.24. The number of rotatable bonds is 3. The van der Waals surface area contributed by atoms with E-state index in [-0.39, 0.29) is 18.1 Å². The monoisotopic (exact) mass is 350 g/mol. The van der Waals surface area contributed by atoms with E-state index in [9.17, 15) is 4.79 Å². The van der Waals surface area contributed by atoms with Crippen LogP contribution in [0.15, 0.2) is 61.4 Å². The summed E-state index contributed by atoms with van der Waals surface area (Å²) in [6.07, 6.45) is 9.46. The topological polar surface area (TPSA) is 52.3 Å². The molecule has 0 N–H and O–H groups in total. The fourth-order valence-electron chi connectivity index (χ4n) is 3.50. The second kappa shape index (κ2) is 6.80. The molecule has 4 rings (SSSR count). The average Bonchev–Trinajstić information content (AvgIpc) is 3.33. The van der Waals surface area contributed by atoms with Gasteiger partial charge >= 0.3 is 0 Å². The lowest BCUT2D eigenvalue weighted by atomic mass is 10.1. The summed E-state index contributed by atoms with van der Waals surface area (Å²) in [7, 11) is 0. The van der Waals surface area contributed by atoms with E-state index in [4.69, 9.17) is 4.74 Å². The second-order valence-corrected chi connectivity index (χ2v) is 6.73. The Hall–Kier alpha value is -2.86. The minimum atomic E-state index is 0.0394. The van der Waals surface area contributed by atoms with E-state index in [1.165, 1.54) is 0 Å². The smallest absolute Gasteiger partial charge is 0.254 e. The van der Waals surface area contributed by atoms with Crippen LogP contribution in [-0.2, 0) is 4.74 Å². The molecule has 1 fully saturated rings. The van der Waals surface area contributed by atoms with Crippen LogP contribution in [0.5, 0.6) is 0 Å². The first-order valence-corrected chi connectivity index (χ1v) is 8.82. The Morgan fingerprint density at radius 1 is 1.04 bits per heavy atom. The minimum absolute atomic E-state index is 0.0394. The molecule has 1 aliphatic heterocycles. The minimum Gasteiger partial charge on any atom is -0.372 e. The summed E-state index contributed by atoms with van der Waals surface area (Å²) >= 11 is 0. The zero-order chi connectivity index (χ0) is 18.1. The van der Waals surface area contributed by atoms with Crippen molar-refractivity contribution in [2.75, 3.05) is 13.1 Å². The van der Waals surface area contributed by atoms with Crippen molar-refractivity contribution < 1.29 is 9.53 Å². The lowest BCUT2D eigenvalue weighted by molar-refractivity contribution is -0.0586. The highest BCUT2D eigenvalue weighted by Crippen LogP contribution is 2.23. The Morgan fingerprint density at radius 2 is 1.77 bits per heavy atom. The summed E-state index contributed by atoms with van der Waals surface area (Å²) in [6, 6.07) is 9.74. The van der Waals surface area contributed by atoms with Crippen LogP contribution in [0.2, 0.25) is 0 Å². The number of morpholine rings is 1. The van der Waals surface area contributed by atoms with Crippen LogP contribution in [-0.4, -0.2) is 50.2 Å². The van der Waals surface area contributed by atoms with Crippen LogP contribution in [0.4, 0.5) is 0 Å².